The first-order valence-corrected chi connectivity index (χ1v) is 10.2. The fourth-order valence-corrected chi connectivity index (χ4v) is 3.29. The van der Waals surface area contributed by atoms with Gasteiger partial charge in [0.2, 0.25) is 0 Å². The second-order valence-corrected chi connectivity index (χ2v) is 7.71. The first-order valence-electron chi connectivity index (χ1n) is 10.2. The summed E-state index contributed by atoms with van der Waals surface area (Å²) in [5.74, 6) is -1.85. The lowest BCUT2D eigenvalue weighted by Crippen LogP contribution is -2.32. The first kappa shape index (κ1) is 22.5. The zero-order valence-electron chi connectivity index (χ0n) is 17.4. The summed E-state index contributed by atoms with van der Waals surface area (Å²) in [6, 6.07) is 12.6. The third-order valence-electron chi connectivity index (χ3n) is 5.39. The number of aliphatic hydroxyl groups is 2. The molecule has 0 amide bonds. The number of aromatic hydroxyl groups is 1. The number of esters is 1. The van der Waals surface area contributed by atoms with Crippen molar-refractivity contribution < 1.29 is 29.6 Å². The Morgan fingerprint density at radius 3 is 2.39 bits per heavy atom. The van der Waals surface area contributed by atoms with Gasteiger partial charge in [-0.3, -0.25) is 4.79 Å². The summed E-state index contributed by atoms with van der Waals surface area (Å²) in [5.41, 5.74) is 1.98. The molecular weight excluding hydrogens is 396 g/mol. The van der Waals surface area contributed by atoms with Crippen LogP contribution in [0.25, 0.3) is 17.2 Å². The number of carbonyl (C=O) groups excluding carboxylic acids is 2. The average molecular weight is 422 g/mol. The topological polar surface area (TPSA) is 104 Å². The number of hydrogen-bond donors (Lipinski definition) is 3. The van der Waals surface area contributed by atoms with Crippen molar-refractivity contribution in [3.05, 3.63) is 71.8 Å². The molecule has 4 atom stereocenters. The van der Waals surface area contributed by atoms with Gasteiger partial charge >= 0.3 is 5.97 Å². The van der Waals surface area contributed by atoms with Crippen molar-refractivity contribution in [2.45, 2.75) is 38.6 Å². The minimum atomic E-state index is -1.56. The van der Waals surface area contributed by atoms with E-state index in [1.807, 2.05) is 30.3 Å². The van der Waals surface area contributed by atoms with E-state index >= 15 is 0 Å². The third-order valence-corrected chi connectivity index (χ3v) is 5.39. The van der Waals surface area contributed by atoms with Crippen LogP contribution in [0.3, 0.4) is 0 Å². The lowest BCUT2D eigenvalue weighted by Gasteiger charge is -2.20. The Bertz CT molecular complexity index is 1010. The molecule has 162 valence electrons. The Labute approximate surface area is 181 Å². The Morgan fingerprint density at radius 1 is 0.968 bits per heavy atom. The van der Waals surface area contributed by atoms with E-state index in [-0.39, 0.29) is 23.7 Å². The molecule has 6 nitrogen and oxygen atoms in total. The van der Waals surface area contributed by atoms with Gasteiger partial charge in [-0.2, -0.15) is 0 Å². The van der Waals surface area contributed by atoms with Gasteiger partial charge in [0.25, 0.3) is 0 Å². The van der Waals surface area contributed by atoms with Crippen LogP contribution in [0.5, 0.6) is 5.75 Å². The number of rotatable bonds is 1. The highest BCUT2D eigenvalue weighted by molar-refractivity contribution is 5.98. The zero-order chi connectivity index (χ0) is 22.5. The number of carbonyl (C=O) groups is 2. The van der Waals surface area contributed by atoms with Crippen LogP contribution in [0.15, 0.2) is 60.7 Å². The zero-order valence-corrected chi connectivity index (χ0v) is 17.4. The van der Waals surface area contributed by atoms with Gasteiger partial charge in [-0.25, -0.2) is 4.79 Å². The molecule has 1 aliphatic rings. The highest BCUT2D eigenvalue weighted by atomic mass is 16.5. The average Bonchev–Trinajstić information content (AvgIpc) is 2.76. The maximum atomic E-state index is 12.9. The molecule has 3 rings (SSSR count). The smallest absolute Gasteiger partial charge is 0.342 e. The minimum absolute atomic E-state index is 0.0159. The fourth-order valence-electron chi connectivity index (χ4n) is 3.29. The highest BCUT2D eigenvalue weighted by Gasteiger charge is 2.25. The molecule has 3 unspecified atom stereocenters. The number of cyclic esters (lactones) is 1. The number of ketones is 1. The van der Waals surface area contributed by atoms with Crippen molar-refractivity contribution in [2.24, 2.45) is 5.92 Å². The van der Waals surface area contributed by atoms with Crippen LogP contribution in [0.1, 0.15) is 36.2 Å². The molecule has 0 aromatic heterocycles. The summed E-state index contributed by atoms with van der Waals surface area (Å²) in [6.45, 7) is 3.44. The molecule has 0 radical (unpaired) electrons. The Balaban J connectivity index is 2.08. The quantitative estimate of drug-likeness (QED) is 0.608. The summed E-state index contributed by atoms with van der Waals surface area (Å²) >= 11 is 0. The number of phenols is 1. The number of fused-ring (bicyclic) bond motifs is 1. The van der Waals surface area contributed by atoms with Crippen LogP contribution in [0.2, 0.25) is 0 Å². The van der Waals surface area contributed by atoms with Crippen molar-refractivity contribution in [2.75, 3.05) is 0 Å². The largest absolute Gasteiger partial charge is 0.507 e. The molecule has 0 bridgehead atoms. The molecule has 0 saturated carbocycles. The summed E-state index contributed by atoms with van der Waals surface area (Å²) < 4.78 is 5.54. The third kappa shape index (κ3) is 5.29. The number of hydrogen-bond acceptors (Lipinski definition) is 6. The van der Waals surface area contributed by atoms with Gasteiger partial charge in [0.1, 0.15) is 23.5 Å². The van der Waals surface area contributed by atoms with Crippen molar-refractivity contribution in [3.8, 4) is 16.9 Å². The van der Waals surface area contributed by atoms with E-state index in [1.165, 1.54) is 18.2 Å². The Morgan fingerprint density at radius 2 is 1.68 bits per heavy atom. The van der Waals surface area contributed by atoms with Crippen molar-refractivity contribution in [1.82, 2.24) is 0 Å². The van der Waals surface area contributed by atoms with E-state index in [9.17, 15) is 24.9 Å². The van der Waals surface area contributed by atoms with Gasteiger partial charge in [0.15, 0.2) is 5.78 Å². The van der Waals surface area contributed by atoms with Crippen LogP contribution < -0.4 is 0 Å². The van der Waals surface area contributed by atoms with E-state index in [1.54, 1.807) is 32.1 Å². The monoisotopic (exact) mass is 422 g/mol. The molecule has 31 heavy (non-hydrogen) atoms. The van der Waals surface area contributed by atoms with Crippen molar-refractivity contribution >= 4 is 17.8 Å². The molecule has 6 heteroatoms. The predicted octanol–water partition coefficient (Wildman–Crippen LogP) is 3.50. The van der Waals surface area contributed by atoms with Crippen LogP contribution in [0.4, 0.5) is 0 Å². The fraction of sp³-hybridized carbons (Fsp3) is 0.280. The van der Waals surface area contributed by atoms with E-state index < -0.39 is 30.1 Å². The number of benzene rings is 2. The summed E-state index contributed by atoms with van der Waals surface area (Å²) in [7, 11) is 0. The minimum Gasteiger partial charge on any atom is -0.507 e. The first-order chi connectivity index (χ1) is 14.8. The predicted molar refractivity (Wildman–Crippen MR) is 117 cm³/mol. The normalized spacial score (nSPS) is 27.0. The van der Waals surface area contributed by atoms with Gasteiger partial charge in [-0.1, -0.05) is 55.5 Å². The molecule has 0 fully saturated rings. The van der Waals surface area contributed by atoms with Gasteiger partial charge < -0.3 is 20.1 Å². The second-order valence-electron chi connectivity index (χ2n) is 7.71. The molecule has 0 saturated heterocycles. The summed E-state index contributed by atoms with van der Waals surface area (Å²) in [4.78, 5) is 25.0. The standard InChI is InChI=1S/C25H26O6/c1-15-11-12-21(27)24(29)20(26)10-6-9-18-13-19(17-7-4-3-5-8-17)14-22(28)23(18)25(30)31-16(15)2/h3-9,11-16,20,24,26,28-29H,10H2,1-2H3/b9-6+,12-11-/t15-,16?,20?,24?/m1/s1. The number of aliphatic hydroxyl groups excluding tert-OH is 2. The van der Waals surface area contributed by atoms with Crippen LogP contribution >= 0.6 is 0 Å². The molecule has 2 aromatic rings. The molecule has 0 spiro atoms. The van der Waals surface area contributed by atoms with Crippen molar-refractivity contribution in [3.63, 3.8) is 0 Å². The maximum Gasteiger partial charge on any atom is 0.342 e. The van der Waals surface area contributed by atoms with Gasteiger partial charge in [-0.05, 0) is 48.2 Å². The summed E-state index contributed by atoms with van der Waals surface area (Å²) in [6.07, 6.45) is 2.36. The SMILES string of the molecule is CC1OC(=O)c2c(O)cc(-c3ccccc3)cc2/C=C/CC(O)C(O)C(=O)/C=C\[C@H]1C. The Hall–Kier alpha value is -3.22. The molecular formula is C25H26O6. The van der Waals surface area contributed by atoms with Gasteiger partial charge in [0, 0.05) is 5.92 Å². The number of ether oxygens (including phenoxy) is 1. The number of phenolic OH excluding ortho intramolecular Hbond substituents is 1. The Kier molecular flexibility index (Phi) is 7.05. The second kappa shape index (κ2) is 9.73. The molecule has 3 N–H and O–H groups in total. The van der Waals surface area contributed by atoms with Crippen LogP contribution in [0, 0.1) is 5.92 Å². The van der Waals surface area contributed by atoms with Crippen molar-refractivity contribution in [1.29, 1.82) is 0 Å². The lowest BCUT2D eigenvalue weighted by molar-refractivity contribution is -0.127. The highest BCUT2D eigenvalue weighted by Crippen LogP contribution is 2.32. The van der Waals surface area contributed by atoms with E-state index in [0.717, 1.165) is 5.56 Å². The van der Waals surface area contributed by atoms with Gasteiger partial charge in [-0.15, -0.1) is 0 Å². The molecule has 1 heterocycles. The molecule has 2 aromatic carbocycles. The van der Waals surface area contributed by atoms with E-state index in [0.29, 0.717) is 11.1 Å². The molecule has 1 aliphatic heterocycles. The van der Waals surface area contributed by atoms with E-state index in [4.69, 9.17) is 4.74 Å². The van der Waals surface area contributed by atoms with E-state index in [2.05, 4.69) is 0 Å². The van der Waals surface area contributed by atoms with Crippen LogP contribution in [-0.4, -0.2) is 45.4 Å². The summed E-state index contributed by atoms with van der Waals surface area (Å²) in [5, 5.41) is 30.9. The lowest BCUT2D eigenvalue weighted by atomic mass is 9.96. The van der Waals surface area contributed by atoms with Gasteiger partial charge in [0.05, 0.1) is 6.10 Å². The maximum absolute atomic E-state index is 12.9. The molecule has 0 aliphatic carbocycles. The van der Waals surface area contributed by atoms with Crippen LogP contribution in [-0.2, 0) is 9.53 Å².